The smallest absolute Gasteiger partial charge is 0.247 e. The molecule has 4 rings (SSSR count). The first kappa shape index (κ1) is 20.7. The molecule has 0 spiro atoms. The Morgan fingerprint density at radius 2 is 1.52 bits per heavy atom. The Labute approximate surface area is 171 Å². The minimum atomic E-state index is -3.91. The monoisotopic (exact) mass is 447 g/mol. The number of rotatable bonds is 4. The predicted octanol–water partition coefficient (Wildman–Crippen LogP) is -0.322. The van der Waals surface area contributed by atoms with Gasteiger partial charge in [-0.05, 0) is 19.0 Å². The molecule has 12 heteroatoms. The third-order valence-corrected chi connectivity index (χ3v) is 8.87. The Morgan fingerprint density at radius 3 is 2.14 bits per heavy atom. The Kier molecular flexibility index (Phi) is 5.18. The molecule has 0 aromatic heterocycles. The van der Waals surface area contributed by atoms with Crippen LogP contribution >= 0.6 is 0 Å². The summed E-state index contributed by atoms with van der Waals surface area (Å²) in [6.45, 7) is 1.60. The highest BCUT2D eigenvalue weighted by atomic mass is 32.2. The topological polar surface area (TPSA) is 106 Å². The number of nitrogens with zero attached hydrogens (tertiary/aromatic N) is 3. The maximum Gasteiger partial charge on any atom is 0.247 e. The van der Waals surface area contributed by atoms with Gasteiger partial charge in [0.2, 0.25) is 32.6 Å². The quantitative estimate of drug-likeness (QED) is 0.618. The van der Waals surface area contributed by atoms with Crippen molar-refractivity contribution in [2.45, 2.75) is 17.9 Å². The Morgan fingerprint density at radius 1 is 0.897 bits per heavy atom. The van der Waals surface area contributed by atoms with Gasteiger partial charge < -0.3 is 19.1 Å². The van der Waals surface area contributed by atoms with Crippen molar-refractivity contribution >= 4 is 20.0 Å². The first-order valence-corrected chi connectivity index (χ1v) is 12.6. The number of hydrogen-bond acceptors (Lipinski definition) is 8. The van der Waals surface area contributed by atoms with Crippen molar-refractivity contribution in [1.29, 1.82) is 0 Å². The van der Waals surface area contributed by atoms with E-state index in [1.54, 1.807) is 0 Å². The molecular formula is C17H25N3O7S2. The molecular weight excluding hydrogens is 422 g/mol. The number of methoxy groups -OCH3 is 1. The number of hydrogen-bond donors (Lipinski definition) is 0. The van der Waals surface area contributed by atoms with E-state index < -0.39 is 20.0 Å². The molecule has 0 bridgehead atoms. The lowest BCUT2D eigenvalue weighted by atomic mass is 9.97. The first-order valence-electron chi connectivity index (χ1n) is 9.29. The number of fused-ring (bicyclic) bond motifs is 2. The van der Waals surface area contributed by atoms with E-state index >= 15 is 0 Å². The van der Waals surface area contributed by atoms with Gasteiger partial charge in [-0.25, -0.2) is 16.8 Å². The van der Waals surface area contributed by atoms with Crippen LogP contribution in [0, 0.1) is 0 Å². The average Bonchev–Trinajstić information content (AvgIpc) is 3.14. The van der Waals surface area contributed by atoms with E-state index in [0.29, 0.717) is 36.6 Å². The van der Waals surface area contributed by atoms with E-state index in [0.717, 1.165) is 11.8 Å². The maximum atomic E-state index is 13.6. The number of piperazine rings is 1. The third kappa shape index (κ3) is 3.46. The fourth-order valence-electron chi connectivity index (χ4n) is 4.11. The van der Waals surface area contributed by atoms with Crippen LogP contribution in [0.4, 0.5) is 0 Å². The van der Waals surface area contributed by atoms with E-state index in [9.17, 15) is 16.8 Å². The summed E-state index contributed by atoms with van der Waals surface area (Å²) in [5.74, 6) is 1.02. The molecule has 3 heterocycles. The molecule has 1 saturated heterocycles. The van der Waals surface area contributed by atoms with Crippen LogP contribution < -0.4 is 14.2 Å². The van der Waals surface area contributed by atoms with Crippen LogP contribution in [0.5, 0.6) is 17.2 Å². The summed E-state index contributed by atoms with van der Waals surface area (Å²) in [6, 6.07) is 0. The molecule has 0 radical (unpaired) electrons. The minimum Gasteiger partial charge on any atom is -0.492 e. The van der Waals surface area contributed by atoms with Crippen molar-refractivity contribution in [2.75, 3.05) is 59.9 Å². The number of sulfonamides is 2. The molecule has 1 aromatic carbocycles. The summed E-state index contributed by atoms with van der Waals surface area (Å²) >= 11 is 0. The third-order valence-electron chi connectivity index (χ3n) is 5.58. The van der Waals surface area contributed by atoms with E-state index in [-0.39, 0.29) is 43.6 Å². The second-order valence-corrected chi connectivity index (χ2v) is 11.3. The SMILES string of the molecule is COc1c2c(c(S(=O)(=O)N3CCN(S(C)(=O)=O)CC3)c3c1OCO3)CCN(C)C2. The first-order chi connectivity index (χ1) is 13.6. The van der Waals surface area contributed by atoms with E-state index in [4.69, 9.17) is 14.2 Å². The second kappa shape index (κ2) is 7.27. The molecule has 0 unspecified atom stereocenters. The molecule has 1 fully saturated rings. The van der Waals surface area contributed by atoms with Crippen LogP contribution in [0.25, 0.3) is 0 Å². The highest BCUT2D eigenvalue weighted by Gasteiger charge is 2.41. The largest absolute Gasteiger partial charge is 0.492 e. The second-order valence-electron chi connectivity index (χ2n) is 7.44. The van der Waals surface area contributed by atoms with Crippen molar-refractivity contribution in [1.82, 2.24) is 13.5 Å². The van der Waals surface area contributed by atoms with Crippen LogP contribution in [-0.2, 0) is 33.0 Å². The van der Waals surface area contributed by atoms with Gasteiger partial charge in [0.25, 0.3) is 0 Å². The summed E-state index contributed by atoms with van der Waals surface area (Å²) in [7, 11) is -3.76. The zero-order valence-electron chi connectivity index (χ0n) is 16.7. The molecule has 0 aliphatic carbocycles. The lowest BCUT2D eigenvalue weighted by Gasteiger charge is -2.34. The van der Waals surface area contributed by atoms with E-state index in [1.165, 1.54) is 15.7 Å². The summed E-state index contributed by atoms with van der Waals surface area (Å²) in [5.41, 5.74) is 1.48. The molecule has 29 heavy (non-hydrogen) atoms. The van der Waals surface area contributed by atoms with Gasteiger partial charge >= 0.3 is 0 Å². The molecule has 0 atom stereocenters. The Hall–Kier alpha value is -1.60. The van der Waals surface area contributed by atoms with Gasteiger partial charge in [0.15, 0.2) is 11.5 Å². The molecule has 1 aromatic rings. The number of likely N-dealkylation sites (N-methyl/N-ethyl adjacent to an activating group) is 1. The van der Waals surface area contributed by atoms with Crippen molar-refractivity contribution in [3.8, 4) is 17.2 Å². The Balaban J connectivity index is 1.79. The highest BCUT2D eigenvalue weighted by Crippen LogP contribution is 2.51. The summed E-state index contributed by atoms with van der Waals surface area (Å²) in [4.78, 5) is 2.22. The fraction of sp³-hybridized carbons (Fsp3) is 0.647. The van der Waals surface area contributed by atoms with Crippen LogP contribution in [0.2, 0.25) is 0 Å². The maximum absolute atomic E-state index is 13.6. The van der Waals surface area contributed by atoms with Crippen LogP contribution in [0.1, 0.15) is 11.1 Å². The lowest BCUT2D eigenvalue weighted by Crippen LogP contribution is -2.50. The molecule has 3 aliphatic heterocycles. The number of ether oxygens (including phenoxy) is 3. The van der Waals surface area contributed by atoms with Crippen LogP contribution in [0.15, 0.2) is 4.90 Å². The average molecular weight is 448 g/mol. The summed E-state index contributed by atoms with van der Waals surface area (Å²) < 4.78 is 70.1. The molecule has 162 valence electrons. The van der Waals surface area contributed by atoms with E-state index in [2.05, 4.69) is 4.90 Å². The normalized spacial score (nSPS) is 21.2. The van der Waals surface area contributed by atoms with Gasteiger partial charge in [-0.3, -0.25) is 0 Å². The van der Waals surface area contributed by atoms with Crippen molar-refractivity contribution in [3.05, 3.63) is 11.1 Å². The highest BCUT2D eigenvalue weighted by molar-refractivity contribution is 7.89. The summed E-state index contributed by atoms with van der Waals surface area (Å²) in [5, 5.41) is 0. The van der Waals surface area contributed by atoms with Gasteiger partial charge in [0, 0.05) is 44.8 Å². The van der Waals surface area contributed by atoms with Gasteiger partial charge in [-0.15, -0.1) is 0 Å². The van der Waals surface area contributed by atoms with Gasteiger partial charge in [-0.2, -0.15) is 8.61 Å². The van der Waals surface area contributed by atoms with E-state index in [1.807, 2.05) is 7.05 Å². The van der Waals surface area contributed by atoms with Gasteiger partial charge in [0.05, 0.1) is 13.4 Å². The van der Waals surface area contributed by atoms with Crippen LogP contribution in [0.3, 0.4) is 0 Å². The standard InChI is InChI=1S/C17H25N3O7S2/c1-18-5-4-12-13(10-18)14(25-2)15-16(27-11-26-15)17(12)29(23,24)20-8-6-19(7-9-20)28(3,21)22/h4-11H2,1-3H3. The molecule has 10 nitrogen and oxygen atoms in total. The number of benzene rings is 1. The van der Waals surface area contributed by atoms with Crippen molar-refractivity contribution < 1.29 is 31.0 Å². The molecule has 0 amide bonds. The van der Waals surface area contributed by atoms with Crippen molar-refractivity contribution in [3.63, 3.8) is 0 Å². The molecule has 3 aliphatic rings. The zero-order valence-corrected chi connectivity index (χ0v) is 18.3. The Bertz CT molecular complexity index is 1030. The van der Waals surface area contributed by atoms with Crippen molar-refractivity contribution in [2.24, 2.45) is 0 Å². The van der Waals surface area contributed by atoms with Crippen LogP contribution in [-0.4, -0.2) is 90.3 Å². The zero-order chi connectivity index (χ0) is 21.0. The predicted molar refractivity (Wildman–Crippen MR) is 104 cm³/mol. The lowest BCUT2D eigenvalue weighted by molar-refractivity contribution is 0.169. The minimum absolute atomic E-state index is 0.0746. The fourth-order valence-corrected chi connectivity index (χ4v) is 6.76. The molecule has 0 saturated carbocycles. The summed E-state index contributed by atoms with van der Waals surface area (Å²) in [6.07, 6.45) is 1.67. The van der Waals surface area contributed by atoms with Gasteiger partial charge in [-0.1, -0.05) is 0 Å². The molecule has 0 N–H and O–H groups in total. The van der Waals surface area contributed by atoms with Gasteiger partial charge in [0.1, 0.15) is 4.90 Å².